The molecule has 0 bridgehead atoms. The van der Waals surface area contributed by atoms with E-state index in [1.54, 1.807) is 16.8 Å². The Morgan fingerprint density at radius 3 is 2.73 bits per heavy atom. The van der Waals surface area contributed by atoms with Crippen LogP contribution in [-0.2, 0) is 11.3 Å². The molecule has 3 rings (SSSR count). The van der Waals surface area contributed by atoms with Gasteiger partial charge >= 0.3 is 0 Å². The molecule has 0 aliphatic carbocycles. The van der Waals surface area contributed by atoms with Crippen LogP contribution in [0.1, 0.15) is 16.7 Å². The summed E-state index contributed by atoms with van der Waals surface area (Å²) in [6.07, 6.45) is 0. The molecule has 0 fully saturated rings. The Hall–Kier alpha value is -2.38. The molecule has 1 amide bonds. The number of carbonyl (C=O) groups excluding carboxylic acids is 1. The summed E-state index contributed by atoms with van der Waals surface area (Å²) in [7, 11) is 0. The second-order valence-electron chi connectivity index (χ2n) is 5.86. The monoisotopic (exact) mass is 387 g/mol. The Morgan fingerprint density at radius 1 is 1.19 bits per heavy atom. The number of thioether (sulfide) groups is 1. The molecule has 0 aliphatic rings. The topological polar surface area (TPSA) is 72.7 Å². The first-order valence-corrected chi connectivity index (χ1v) is 9.39. The average Bonchev–Trinajstić information content (AvgIpc) is 3.10. The Bertz CT molecular complexity index is 910. The molecule has 3 aromatic rings. The van der Waals surface area contributed by atoms with Crippen molar-refractivity contribution < 1.29 is 4.79 Å². The first-order valence-electron chi connectivity index (χ1n) is 8.03. The second kappa shape index (κ2) is 8.33. The zero-order valence-corrected chi connectivity index (χ0v) is 16.0. The summed E-state index contributed by atoms with van der Waals surface area (Å²) in [6, 6.07) is 13.5. The van der Waals surface area contributed by atoms with Gasteiger partial charge in [0.2, 0.25) is 11.1 Å². The van der Waals surface area contributed by atoms with Gasteiger partial charge in [-0.25, -0.2) is 0 Å². The third-order valence-electron chi connectivity index (χ3n) is 3.77. The number of nitrogens with zero attached hydrogens (tertiary/aromatic N) is 4. The SMILES string of the molecule is Cc1ccc(C)c(-n2nnnc2SCC(=O)NCc2ccc(Cl)cc2)c1. The van der Waals surface area contributed by atoms with Gasteiger partial charge in [0.1, 0.15) is 0 Å². The fourth-order valence-corrected chi connectivity index (χ4v) is 3.19. The molecule has 1 N–H and O–H groups in total. The van der Waals surface area contributed by atoms with Crippen molar-refractivity contribution in [2.45, 2.75) is 25.5 Å². The molecule has 0 unspecified atom stereocenters. The number of aryl methyl sites for hydroxylation is 2. The van der Waals surface area contributed by atoms with E-state index in [9.17, 15) is 4.79 Å². The van der Waals surface area contributed by atoms with Crippen LogP contribution in [0.3, 0.4) is 0 Å². The quantitative estimate of drug-likeness (QED) is 0.657. The van der Waals surface area contributed by atoms with E-state index in [0.717, 1.165) is 22.4 Å². The highest BCUT2D eigenvalue weighted by Crippen LogP contribution is 2.21. The van der Waals surface area contributed by atoms with Gasteiger partial charge in [-0.3, -0.25) is 4.79 Å². The Balaban J connectivity index is 1.60. The lowest BCUT2D eigenvalue weighted by molar-refractivity contribution is -0.118. The van der Waals surface area contributed by atoms with Crippen LogP contribution in [0.2, 0.25) is 5.02 Å². The van der Waals surface area contributed by atoms with Gasteiger partial charge < -0.3 is 5.32 Å². The molecule has 0 saturated carbocycles. The maximum absolute atomic E-state index is 12.1. The fourth-order valence-electron chi connectivity index (χ4n) is 2.35. The maximum atomic E-state index is 12.1. The van der Waals surface area contributed by atoms with Crippen LogP contribution in [0.4, 0.5) is 0 Å². The summed E-state index contributed by atoms with van der Waals surface area (Å²) >= 11 is 7.16. The van der Waals surface area contributed by atoms with E-state index in [2.05, 4.69) is 20.8 Å². The summed E-state index contributed by atoms with van der Waals surface area (Å²) in [5.41, 5.74) is 4.10. The van der Waals surface area contributed by atoms with Crippen LogP contribution in [0.5, 0.6) is 0 Å². The van der Waals surface area contributed by atoms with Gasteiger partial charge in [0.15, 0.2) is 0 Å². The highest BCUT2D eigenvalue weighted by atomic mass is 35.5. The first kappa shape index (κ1) is 18.4. The number of nitrogens with one attached hydrogen (secondary N) is 1. The van der Waals surface area contributed by atoms with Crippen LogP contribution >= 0.6 is 23.4 Å². The van der Waals surface area contributed by atoms with Gasteiger partial charge in [-0.1, -0.05) is 47.6 Å². The number of benzene rings is 2. The van der Waals surface area contributed by atoms with Gasteiger partial charge in [-0.05, 0) is 59.2 Å². The molecular formula is C18H18ClN5OS. The predicted octanol–water partition coefficient (Wildman–Crippen LogP) is 3.34. The Morgan fingerprint density at radius 2 is 1.96 bits per heavy atom. The second-order valence-corrected chi connectivity index (χ2v) is 7.23. The molecule has 0 spiro atoms. The minimum absolute atomic E-state index is 0.0829. The molecular weight excluding hydrogens is 370 g/mol. The van der Waals surface area contributed by atoms with Crippen LogP contribution < -0.4 is 5.32 Å². The minimum Gasteiger partial charge on any atom is -0.351 e. The number of hydrogen-bond acceptors (Lipinski definition) is 5. The first-order chi connectivity index (χ1) is 12.5. The van der Waals surface area contributed by atoms with E-state index < -0.39 is 0 Å². The normalized spacial score (nSPS) is 10.7. The molecule has 6 nitrogen and oxygen atoms in total. The van der Waals surface area contributed by atoms with Crippen LogP contribution in [0.25, 0.3) is 5.69 Å². The lowest BCUT2D eigenvalue weighted by Crippen LogP contribution is -2.24. The summed E-state index contributed by atoms with van der Waals surface area (Å²) in [6.45, 7) is 4.48. The zero-order chi connectivity index (χ0) is 18.5. The number of halogens is 1. The summed E-state index contributed by atoms with van der Waals surface area (Å²) in [5, 5.41) is 16.0. The Kier molecular flexibility index (Phi) is 5.90. The highest BCUT2D eigenvalue weighted by molar-refractivity contribution is 7.99. The molecule has 0 radical (unpaired) electrons. The van der Waals surface area contributed by atoms with E-state index >= 15 is 0 Å². The molecule has 0 saturated heterocycles. The summed E-state index contributed by atoms with van der Waals surface area (Å²) < 4.78 is 1.67. The fraction of sp³-hybridized carbons (Fsp3) is 0.222. The summed E-state index contributed by atoms with van der Waals surface area (Å²) in [5.74, 6) is 0.152. The highest BCUT2D eigenvalue weighted by Gasteiger charge is 2.13. The van der Waals surface area contributed by atoms with Crippen LogP contribution in [0, 0.1) is 13.8 Å². The smallest absolute Gasteiger partial charge is 0.230 e. The van der Waals surface area contributed by atoms with Gasteiger partial charge in [0, 0.05) is 11.6 Å². The van der Waals surface area contributed by atoms with Crippen molar-refractivity contribution in [3.63, 3.8) is 0 Å². The molecule has 26 heavy (non-hydrogen) atoms. The van der Waals surface area contributed by atoms with E-state index in [4.69, 9.17) is 11.6 Å². The Labute approximate surface area is 160 Å². The van der Waals surface area contributed by atoms with Crippen molar-refractivity contribution in [1.82, 2.24) is 25.5 Å². The number of amides is 1. The lowest BCUT2D eigenvalue weighted by Gasteiger charge is -2.09. The van der Waals surface area contributed by atoms with Crippen molar-refractivity contribution in [1.29, 1.82) is 0 Å². The zero-order valence-electron chi connectivity index (χ0n) is 14.4. The van der Waals surface area contributed by atoms with Crippen molar-refractivity contribution in [2.24, 2.45) is 0 Å². The molecule has 1 aromatic heterocycles. The van der Waals surface area contributed by atoms with Crippen molar-refractivity contribution in [3.8, 4) is 5.69 Å². The number of carbonyl (C=O) groups is 1. The molecule has 1 heterocycles. The van der Waals surface area contributed by atoms with E-state index in [1.807, 2.05) is 44.2 Å². The third-order valence-corrected chi connectivity index (χ3v) is 4.94. The molecule has 0 atom stereocenters. The van der Waals surface area contributed by atoms with E-state index in [1.165, 1.54) is 11.8 Å². The van der Waals surface area contributed by atoms with Crippen molar-refractivity contribution >= 4 is 29.3 Å². The van der Waals surface area contributed by atoms with Crippen molar-refractivity contribution in [3.05, 3.63) is 64.2 Å². The predicted molar refractivity (Wildman–Crippen MR) is 103 cm³/mol. The lowest BCUT2D eigenvalue weighted by atomic mass is 10.1. The van der Waals surface area contributed by atoms with Gasteiger partial charge in [0.25, 0.3) is 0 Å². The number of hydrogen-bond donors (Lipinski definition) is 1. The van der Waals surface area contributed by atoms with Crippen LogP contribution in [0.15, 0.2) is 47.6 Å². The largest absolute Gasteiger partial charge is 0.351 e. The van der Waals surface area contributed by atoms with Crippen molar-refractivity contribution in [2.75, 3.05) is 5.75 Å². The number of aromatic nitrogens is 4. The standard InChI is InChI=1S/C18H18ClN5OS/c1-12-3-4-13(2)16(9-12)24-18(21-22-23-24)26-11-17(25)20-10-14-5-7-15(19)8-6-14/h3-9H,10-11H2,1-2H3,(H,20,25). The van der Waals surface area contributed by atoms with Crippen LogP contribution in [-0.4, -0.2) is 31.9 Å². The number of rotatable bonds is 6. The molecule has 2 aromatic carbocycles. The van der Waals surface area contributed by atoms with E-state index in [0.29, 0.717) is 16.7 Å². The minimum atomic E-state index is -0.0829. The number of tetrazole rings is 1. The molecule has 134 valence electrons. The molecule has 8 heteroatoms. The average molecular weight is 388 g/mol. The maximum Gasteiger partial charge on any atom is 0.230 e. The van der Waals surface area contributed by atoms with E-state index in [-0.39, 0.29) is 11.7 Å². The van der Waals surface area contributed by atoms with Gasteiger partial charge in [0.05, 0.1) is 11.4 Å². The van der Waals surface area contributed by atoms with Gasteiger partial charge in [-0.2, -0.15) is 4.68 Å². The summed E-state index contributed by atoms with van der Waals surface area (Å²) in [4.78, 5) is 12.1. The molecule has 0 aliphatic heterocycles. The van der Waals surface area contributed by atoms with Gasteiger partial charge in [-0.15, -0.1) is 5.10 Å². The third kappa shape index (κ3) is 4.62.